The lowest BCUT2D eigenvalue weighted by atomic mass is 10.0. The minimum atomic E-state index is 0.328. The van der Waals surface area contributed by atoms with E-state index in [1.807, 2.05) is 12.1 Å². The van der Waals surface area contributed by atoms with Crippen molar-refractivity contribution in [2.24, 2.45) is 5.92 Å². The second-order valence-electron chi connectivity index (χ2n) is 5.28. The van der Waals surface area contributed by atoms with Crippen molar-refractivity contribution < 1.29 is 4.79 Å². The number of nitrogens with zero attached hydrogens (tertiary/aromatic N) is 1. The third kappa shape index (κ3) is 2.42. The number of ketones is 1. The number of Topliss-reactive ketones (excluding diaryl/α,β-unsaturated/α-hetero) is 1. The molecule has 1 saturated heterocycles. The maximum Gasteiger partial charge on any atom is 0.166 e. The SMILES string of the molecule is O=C(c1ccccc1CN1CCCC1)C1CC1. The van der Waals surface area contributed by atoms with E-state index in [4.69, 9.17) is 0 Å². The number of carbonyl (C=O) groups is 1. The minimum Gasteiger partial charge on any atom is -0.299 e. The van der Waals surface area contributed by atoms with Gasteiger partial charge < -0.3 is 0 Å². The number of rotatable bonds is 4. The fourth-order valence-corrected chi connectivity index (χ4v) is 2.65. The van der Waals surface area contributed by atoms with Crippen LogP contribution in [0, 0.1) is 5.92 Å². The fraction of sp³-hybridized carbons (Fsp3) is 0.533. The Morgan fingerprint density at radius 3 is 2.59 bits per heavy atom. The standard InChI is InChI=1S/C15H19NO/c17-15(12-7-8-12)14-6-2-1-5-13(14)11-16-9-3-4-10-16/h1-2,5-6,12H,3-4,7-11H2. The van der Waals surface area contributed by atoms with Crippen molar-refractivity contribution in [1.82, 2.24) is 4.90 Å². The van der Waals surface area contributed by atoms with Gasteiger partial charge in [-0.05, 0) is 44.3 Å². The molecule has 1 aromatic carbocycles. The van der Waals surface area contributed by atoms with Crippen LogP contribution in [0.1, 0.15) is 41.6 Å². The lowest BCUT2D eigenvalue weighted by molar-refractivity contribution is 0.0966. The van der Waals surface area contributed by atoms with Crippen LogP contribution in [-0.2, 0) is 6.54 Å². The number of benzene rings is 1. The van der Waals surface area contributed by atoms with E-state index in [1.165, 1.54) is 31.5 Å². The summed E-state index contributed by atoms with van der Waals surface area (Å²) in [5.41, 5.74) is 2.20. The van der Waals surface area contributed by atoms with Crippen LogP contribution in [0.15, 0.2) is 24.3 Å². The second kappa shape index (κ2) is 4.61. The molecule has 1 aromatic rings. The van der Waals surface area contributed by atoms with Crippen LogP contribution in [0.2, 0.25) is 0 Å². The van der Waals surface area contributed by atoms with Gasteiger partial charge in [0.1, 0.15) is 0 Å². The molecule has 1 saturated carbocycles. The Morgan fingerprint density at radius 1 is 1.18 bits per heavy atom. The van der Waals surface area contributed by atoms with Crippen molar-refractivity contribution >= 4 is 5.78 Å². The molecule has 1 heterocycles. The van der Waals surface area contributed by atoms with Crippen molar-refractivity contribution in [3.63, 3.8) is 0 Å². The molecule has 0 atom stereocenters. The number of hydrogen-bond donors (Lipinski definition) is 0. The van der Waals surface area contributed by atoms with E-state index in [0.29, 0.717) is 11.7 Å². The normalized spacial score (nSPS) is 20.7. The first-order valence-electron chi connectivity index (χ1n) is 6.69. The molecule has 2 aliphatic rings. The molecule has 1 aliphatic carbocycles. The van der Waals surface area contributed by atoms with Gasteiger partial charge in [0.15, 0.2) is 5.78 Å². The van der Waals surface area contributed by atoms with Crippen LogP contribution in [0.5, 0.6) is 0 Å². The van der Waals surface area contributed by atoms with Crippen LogP contribution in [0.3, 0.4) is 0 Å². The molecule has 17 heavy (non-hydrogen) atoms. The number of likely N-dealkylation sites (tertiary alicyclic amines) is 1. The van der Waals surface area contributed by atoms with Crippen LogP contribution >= 0.6 is 0 Å². The van der Waals surface area contributed by atoms with Gasteiger partial charge in [-0.2, -0.15) is 0 Å². The van der Waals surface area contributed by atoms with Gasteiger partial charge in [0.2, 0.25) is 0 Å². The Kier molecular flexibility index (Phi) is 2.98. The van der Waals surface area contributed by atoms with E-state index < -0.39 is 0 Å². The average Bonchev–Trinajstić information content (AvgIpc) is 3.09. The smallest absolute Gasteiger partial charge is 0.166 e. The molecular formula is C15H19NO. The van der Waals surface area contributed by atoms with E-state index in [-0.39, 0.29) is 0 Å². The molecule has 0 N–H and O–H groups in total. The summed E-state index contributed by atoms with van der Waals surface area (Å²) in [4.78, 5) is 14.6. The molecule has 1 aliphatic heterocycles. The summed E-state index contributed by atoms with van der Waals surface area (Å²) < 4.78 is 0. The lowest BCUT2D eigenvalue weighted by Gasteiger charge is -2.16. The van der Waals surface area contributed by atoms with Gasteiger partial charge in [-0.1, -0.05) is 24.3 Å². The van der Waals surface area contributed by atoms with Gasteiger partial charge in [0, 0.05) is 18.0 Å². The number of hydrogen-bond acceptors (Lipinski definition) is 2. The van der Waals surface area contributed by atoms with E-state index in [2.05, 4.69) is 17.0 Å². The van der Waals surface area contributed by atoms with Crippen molar-refractivity contribution in [3.05, 3.63) is 35.4 Å². The highest BCUT2D eigenvalue weighted by atomic mass is 16.1. The highest BCUT2D eigenvalue weighted by molar-refractivity contribution is 6.00. The molecule has 0 spiro atoms. The zero-order chi connectivity index (χ0) is 11.7. The van der Waals surface area contributed by atoms with Gasteiger partial charge in [-0.15, -0.1) is 0 Å². The Balaban J connectivity index is 1.79. The first kappa shape index (κ1) is 11.0. The molecule has 2 heteroatoms. The van der Waals surface area contributed by atoms with Crippen molar-refractivity contribution in [2.45, 2.75) is 32.2 Å². The van der Waals surface area contributed by atoms with E-state index in [0.717, 1.165) is 24.9 Å². The highest BCUT2D eigenvalue weighted by Crippen LogP contribution is 2.33. The van der Waals surface area contributed by atoms with Crippen molar-refractivity contribution in [1.29, 1.82) is 0 Å². The van der Waals surface area contributed by atoms with Gasteiger partial charge in [-0.25, -0.2) is 0 Å². The van der Waals surface area contributed by atoms with Crippen LogP contribution in [0.4, 0.5) is 0 Å². The molecule has 0 amide bonds. The fourth-order valence-electron chi connectivity index (χ4n) is 2.65. The monoisotopic (exact) mass is 229 g/mol. The topological polar surface area (TPSA) is 20.3 Å². The molecule has 3 rings (SSSR count). The van der Waals surface area contributed by atoms with Crippen LogP contribution in [0.25, 0.3) is 0 Å². The maximum atomic E-state index is 12.2. The van der Waals surface area contributed by atoms with E-state index in [9.17, 15) is 4.79 Å². The summed E-state index contributed by atoms with van der Waals surface area (Å²) in [6.45, 7) is 3.33. The van der Waals surface area contributed by atoms with Crippen LogP contribution < -0.4 is 0 Å². The predicted molar refractivity (Wildman–Crippen MR) is 68.0 cm³/mol. The summed E-state index contributed by atoms with van der Waals surface area (Å²) >= 11 is 0. The summed E-state index contributed by atoms with van der Waals surface area (Å²) in [7, 11) is 0. The first-order chi connectivity index (χ1) is 8.34. The lowest BCUT2D eigenvalue weighted by Crippen LogP contribution is -2.20. The molecule has 90 valence electrons. The molecule has 0 unspecified atom stereocenters. The zero-order valence-corrected chi connectivity index (χ0v) is 10.2. The first-order valence-corrected chi connectivity index (χ1v) is 6.69. The average molecular weight is 229 g/mol. The second-order valence-corrected chi connectivity index (χ2v) is 5.28. The van der Waals surface area contributed by atoms with Gasteiger partial charge >= 0.3 is 0 Å². The Morgan fingerprint density at radius 2 is 1.88 bits per heavy atom. The summed E-state index contributed by atoms with van der Waals surface area (Å²) in [5, 5.41) is 0. The molecule has 2 nitrogen and oxygen atoms in total. The summed E-state index contributed by atoms with van der Waals surface area (Å²) in [5.74, 6) is 0.703. The van der Waals surface area contributed by atoms with Gasteiger partial charge in [-0.3, -0.25) is 9.69 Å². The van der Waals surface area contributed by atoms with Gasteiger partial charge in [0.25, 0.3) is 0 Å². The third-order valence-corrected chi connectivity index (χ3v) is 3.82. The molecule has 0 radical (unpaired) electrons. The summed E-state index contributed by atoms with van der Waals surface area (Å²) in [6, 6.07) is 8.16. The molecule has 2 fully saturated rings. The molecule has 0 bridgehead atoms. The minimum absolute atomic E-state index is 0.328. The van der Waals surface area contributed by atoms with E-state index >= 15 is 0 Å². The highest BCUT2D eigenvalue weighted by Gasteiger charge is 2.31. The largest absolute Gasteiger partial charge is 0.299 e. The zero-order valence-electron chi connectivity index (χ0n) is 10.2. The maximum absolute atomic E-state index is 12.2. The predicted octanol–water partition coefficient (Wildman–Crippen LogP) is 2.88. The van der Waals surface area contributed by atoms with Crippen molar-refractivity contribution in [2.75, 3.05) is 13.1 Å². The van der Waals surface area contributed by atoms with Crippen LogP contribution in [-0.4, -0.2) is 23.8 Å². The number of carbonyl (C=O) groups excluding carboxylic acids is 1. The molecule has 0 aromatic heterocycles. The Hall–Kier alpha value is -1.15. The molecular weight excluding hydrogens is 210 g/mol. The Bertz CT molecular complexity index is 417. The third-order valence-electron chi connectivity index (χ3n) is 3.82. The van der Waals surface area contributed by atoms with Crippen molar-refractivity contribution in [3.8, 4) is 0 Å². The Labute approximate surface area is 103 Å². The quantitative estimate of drug-likeness (QED) is 0.740. The van der Waals surface area contributed by atoms with Gasteiger partial charge in [0.05, 0.1) is 0 Å². The summed E-state index contributed by atoms with van der Waals surface area (Å²) in [6.07, 6.45) is 4.80. The van der Waals surface area contributed by atoms with E-state index in [1.54, 1.807) is 0 Å².